The quantitative estimate of drug-likeness (QED) is 0.370. The summed E-state index contributed by atoms with van der Waals surface area (Å²) in [5, 5.41) is 12.4. The Bertz CT molecular complexity index is 1050. The second-order valence-electron chi connectivity index (χ2n) is 5.51. The van der Waals surface area contributed by atoms with Crippen LogP contribution in [0.4, 0.5) is 0 Å². The van der Waals surface area contributed by atoms with Gasteiger partial charge in [-0.25, -0.2) is 4.98 Å². The first-order valence-corrected chi connectivity index (χ1v) is 10.3. The highest BCUT2D eigenvalue weighted by Gasteiger charge is 2.14. The van der Waals surface area contributed by atoms with E-state index in [9.17, 15) is 0 Å². The molecule has 0 spiro atoms. The van der Waals surface area contributed by atoms with E-state index in [2.05, 4.69) is 15.2 Å². The van der Waals surface area contributed by atoms with Crippen LogP contribution in [0.2, 0.25) is 5.02 Å². The van der Waals surface area contributed by atoms with Gasteiger partial charge in [0.15, 0.2) is 0 Å². The van der Waals surface area contributed by atoms with Crippen molar-refractivity contribution in [3.05, 3.63) is 64.6 Å². The van der Waals surface area contributed by atoms with Crippen molar-refractivity contribution in [2.45, 2.75) is 11.0 Å². The number of thioether (sulfide) groups is 1. The third-order valence-electron chi connectivity index (χ3n) is 3.73. The Labute approximate surface area is 169 Å². The van der Waals surface area contributed by atoms with Gasteiger partial charge in [0, 0.05) is 21.7 Å². The van der Waals surface area contributed by atoms with Crippen molar-refractivity contribution in [2.75, 3.05) is 7.11 Å². The Balaban J connectivity index is 1.44. The Kier molecular flexibility index (Phi) is 5.42. The first kappa shape index (κ1) is 18.0. The van der Waals surface area contributed by atoms with E-state index < -0.39 is 0 Å². The summed E-state index contributed by atoms with van der Waals surface area (Å²) in [4.78, 5) is 4.66. The van der Waals surface area contributed by atoms with Crippen LogP contribution < -0.4 is 4.74 Å². The lowest BCUT2D eigenvalue weighted by Crippen LogP contribution is -1.87. The van der Waals surface area contributed by atoms with Gasteiger partial charge < -0.3 is 9.15 Å². The van der Waals surface area contributed by atoms with Gasteiger partial charge in [-0.1, -0.05) is 47.6 Å². The molecule has 0 saturated heterocycles. The van der Waals surface area contributed by atoms with Crippen LogP contribution in [0.3, 0.4) is 0 Å². The zero-order valence-electron chi connectivity index (χ0n) is 14.3. The van der Waals surface area contributed by atoms with Crippen LogP contribution in [0.1, 0.15) is 5.69 Å². The summed E-state index contributed by atoms with van der Waals surface area (Å²) in [6.45, 7) is 0. The molecule has 0 atom stereocenters. The van der Waals surface area contributed by atoms with Gasteiger partial charge >= 0.3 is 0 Å². The van der Waals surface area contributed by atoms with Gasteiger partial charge in [-0.05, 0) is 24.3 Å². The highest BCUT2D eigenvalue weighted by Crippen LogP contribution is 2.32. The molecule has 0 aliphatic heterocycles. The maximum atomic E-state index is 5.94. The molecule has 0 fully saturated rings. The van der Waals surface area contributed by atoms with Crippen molar-refractivity contribution in [1.82, 2.24) is 15.2 Å². The summed E-state index contributed by atoms with van der Waals surface area (Å²) >= 11 is 8.99. The van der Waals surface area contributed by atoms with E-state index in [1.54, 1.807) is 18.4 Å². The maximum Gasteiger partial charge on any atom is 0.277 e. The smallest absolute Gasteiger partial charge is 0.277 e. The molecule has 0 aliphatic rings. The second-order valence-corrected chi connectivity index (χ2v) is 7.73. The van der Waals surface area contributed by atoms with Gasteiger partial charge in [-0.3, -0.25) is 0 Å². The molecule has 136 valence electrons. The van der Waals surface area contributed by atoms with Gasteiger partial charge in [0.2, 0.25) is 0 Å². The zero-order chi connectivity index (χ0) is 18.6. The summed E-state index contributed by atoms with van der Waals surface area (Å²) in [5.74, 6) is 1.79. The van der Waals surface area contributed by atoms with Crippen molar-refractivity contribution >= 4 is 34.7 Å². The van der Waals surface area contributed by atoms with Crippen molar-refractivity contribution in [3.63, 3.8) is 0 Å². The monoisotopic (exact) mass is 415 g/mol. The Hall–Kier alpha value is -2.35. The number of benzene rings is 2. The molecule has 27 heavy (non-hydrogen) atoms. The second kappa shape index (κ2) is 8.12. The van der Waals surface area contributed by atoms with E-state index in [4.69, 9.17) is 20.8 Å². The summed E-state index contributed by atoms with van der Waals surface area (Å²) < 4.78 is 11.1. The molecule has 0 unspecified atom stereocenters. The molecule has 4 rings (SSSR count). The SMILES string of the molecule is COc1ccccc1-c1nnc(SCc2csc(-c3ccc(Cl)cc3)n2)o1. The molecular weight excluding hydrogens is 402 g/mol. The molecule has 2 aromatic carbocycles. The van der Waals surface area contributed by atoms with E-state index in [0.717, 1.165) is 21.8 Å². The Morgan fingerprint density at radius 3 is 2.74 bits per heavy atom. The van der Waals surface area contributed by atoms with Crippen molar-refractivity contribution < 1.29 is 9.15 Å². The number of aromatic nitrogens is 3. The number of para-hydroxylation sites is 1. The van der Waals surface area contributed by atoms with Crippen LogP contribution in [0, 0.1) is 0 Å². The Morgan fingerprint density at radius 2 is 1.93 bits per heavy atom. The van der Waals surface area contributed by atoms with Crippen molar-refractivity contribution in [1.29, 1.82) is 0 Å². The summed E-state index contributed by atoms with van der Waals surface area (Å²) in [5.41, 5.74) is 2.79. The summed E-state index contributed by atoms with van der Waals surface area (Å²) in [6, 6.07) is 15.2. The maximum absolute atomic E-state index is 5.94. The lowest BCUT2D eigenvalue weighted by molar-refractivity contribution is 0.411. The fourth-order valence-corrected chi connectivity index (χ4v) is 4.15. The van der Waals surface area contributed by atoms with E-state index in [0.29, 0.717) is 27.6 Å². The molecule has 2 heterocycles. The van der Waals surface area contributed by atoms with Crippen LogP contribution >= 0.6 is 34.7 Å². The number of nitrogens with zero attached hydrogens (tertiary/aromatic N) is 3. The summed E-state index contributed by atoms with van der Waals surface area (Å²) in [7, 11) is 1.62. The molecule has 8 heteroatoms. The van der Waals surface area contributed by atoms with Gasteiger partial charge in [-0.15, -0.1) is 21.5 Å². The predicted octanol–water partition coefficient (Wildman–Crippen LogP) is 5.81. The van der Waals surface area contributed by atoms with E-state index in [-0.39, 0.29) is 0 Å². The molecule has 2 aromatic heterocycles. The predicted molar refractivity (Wildman–Crippen MR) is 108 cm³/mol. The molecular formula is C19H14ClN3O2S2. The number of rotatable bonds is 6. The van der Waals surface area contributed by atoms with E-state index in [1.807, 2.05) is 53.9 Å². The number of hydrogen-bond acceptors (Lipinski definition) is 7. The van der Waals surface area contributed by atoms with Crippen LogP contribution in [0.5, 0.6) is 5.75 Å². The number of ether oxygens (including phenoxy) is 1. The van der Waals surface area contributed by atoms with Crippen LogP contribution in [-0.2, 0) is 5.75 Å². The third kappa shape index (κ3) is 4.16. The lowest BCUT2D eigenvalue weighted by Gasteiger charge is -2.03. The molecule has 0 bridgehead atoms. The van der Waals surface area contributed by atoms with Crippen molar-refractivity contribution in [3.8, 4) is 27.8 Å². The minimum Gasteiger partial charge on any atom is -0.496 e. The molecule has 0 amide bonds. The molecule has 4 aromatic rings. The minimum atomic E-state index is 0.440. The fraction of sp³-hybridized carbons (Fsp3) is 0.105. The normalized spacial score (nSPS) is 10.9. The average Bonchev–Trinajstić information content (AvgIpc) is 3.36. The number of hydrogen-bond donors (Lipinski definition) is 0. The molecule has 0 N–H and O–H groups in total. The highest BCUT2D eigenvalue weighted by molar-refractivity contribution is 7.98. The van der Waals surface area contributed by atoms with Gasteiger partial charge in [0.05, 0.1) is 18.4 Å². The molecule has 0 radical (unpaired) electrons. The van der Waals surface area contributed by atoms with Crippen molar-refractivity contribution in [2.24, 2.45) is 0 Å². The van der Waals surface area contributed by atoms with Crippen LogP contribution in [0.25, 0.3) is 22.0 Å². The van der Waals surface area contributed by atoms with Crippen LogP contribution in [0.15, 0.2) is 63.6 Å². The number of thiazole rings is 1. The largest absolute Gasteiger partial charge is 0.496 e. The number of halogens is 1. The van der Waals surface area contributed by atoms with Gasteiger partial charge in [-0.2, -0.15) is 0 Å². The average molecular weight is 416 g/mol. The summed E-state index contributed by atoms with van der Waals surface area (Å²) in [6.07, 6.45) is 0. The van der Waals surface area contributed by atoms with E-state index >= 15 is 0 Å². The van der Waals surface area contributed by atoms with Crippen LogP contribution in [-0.4, -0.2) is 22.3 Å². The van der Waals surface area contributed by atoms with Gasteiger partial charge in [0.1, 0.15) is 10.8 Å². The fourth-order valence-electron chi connectivity index (χ4n) is 2.43. The van der Waals surface area contributed by atoms with Gasteiger partial charge in [0.25, 0.3) is 11.1 Å². The standard InChI is InChI=1S/C19H14ClN3O2S2/c1-24-16-5-3-2-4-15(16)17-22-23-19(25-17)27-11-14-10-26-18(21-14)12-6-8-13(20)9-7-12/h2-10H,11H2,1H3. The first-order chi connectivity index (χ1) is 13.2. The lowest BCUT2D eigenvalue weighted by atomic mass is 10.2. The minimum absolute atomic E-state index is 0.440. The molecule has 0 saturated carbocycles. The van der Waals surface area contributed by atoms with E-state index in [1.165, 1.54) is 11.8 Å². The first-order valence-electron chi connectivity index (χ1n) is 8.03. The number of methoxy groups -OCH3 is 1. The third-order valence-corrected chi connectivity index (χ3v) is 5.77. The molecule has 5 nitrogen and oxygen atoms in total. The highest BCUT2D eigenvalue weighted by atomic mass is 35.5. The molecule has 0 aliphatic carbocycles. The zero-order valence-corrected chi connectivity index (χ0v) is 16.6. The Morgan fingerprint density at radius 1 is 1.11 bits per heavy atom. The topological polar surface area (TPSA) is 61.0 Å².